The minimum absolute atomic E-state index is 0.151. The molecule has 0 atom stereocenters. The molecule has 1 N–H and O–H groups in total. The van der Waals surface area contributed by atoms with Crippen molar-refractivity contribution >= 4 is 17.1 Å². The van der Waals surface area contributed by atoms with E-state index < -0.39 is 0 Å². The third-order valence-electron chi connectivity index (χ3n) is 3.21. The number of ketones is 1. The third-order valence-corrected chi connectivity index (χ3v) is 3.99. The molecule has 1 aromatic heterocycles. The monoisotopic (exact) mass is 258 g/mol. The van der Waals surface area contributed by atoms with Gasteiger partial charge in [0.1, 0.15) is 5.01 Å². The Morgan fingerprint density at radius 1 is 1.39 bits per heavy atom. The van der Waals surface area contributed by atoms with Crippen LogP contribution in [0, 0.1) is 0 Å². The van der Waals surface area contributed by atoms with E-state index in [1.54, 1.807) is 6.20 Å². The zero-order valence-electron chi connectivity index (χ0n) is 9.98. The fourth-order valence-electron chi connectivity index (χ4n) is 2.23. The molecule has 2 heterocycles. The lowest BCUT2D eigenvalue weighted by Crippen LogP contribution is -2.23. The molecule has 1 aliphatic rings. The molecule has 0 radical (unpaired) electrons. The van der Waals surface area contributed by atoms with Crippen LogP contribution in [0.4, 0.5) is 0 Å². The van der Waals surface area contributed by atoms with Crippen molar-refractivity contribution in [2.24, 2.45) is 0 Å². The molecule has 0 spiro atoms. The van der Waals surface area contributed by atoms with Crippen molar-refractivity contribution in [3.05, 3.63) is 51.5 Å². The predicted molar refractivity (Wildman–Crippen MR) is 72.0 cm³/mol. The number of nitrogens with zero attached hydrogens (tertiary/aromatic N) is 1. The van der Waals surface area contributed by atoms with Crippen molar-refractivity contribution in [1.29, 1.82) is 0 Å². The number of carbonyl (C=O) groups is 1. The predicted octanol–water partition coefficient (Wildman–Crippen LogP) is 2.21. The summed E-state index contributed by atoms with van der Waals surface area (Å²) in [6, 6.07) is 6.06. The zero-order chi connectivity index (χ0) is 12.4. The average Bonchev–Trinajstić information content (AvgIpc) is 2.91. The molecule has 1 aliphatic heterocycles. The van der Waals surface area contributed by atoms with Gasteiger partial charge >= 0.3 is 0 Å². The van der Waals surface area contributed by atoms with Gasteiger partial charge in [0.2, 0.25) is 0 Å². The van der Waals surface area contributed by atoms with Crippen molar-refractivity contribution < 1.29 is 4.79 Å². The number of aromatic nitrogens is 1. The van der Waals surface area contributed by atoms with Gasteiger partial charge < -0.3 is 5.32 Å². The molecule has 0 saturated carbocycles. The van der Waals surface area contributed by atoms with Crippen LogP contribution in [0.25, 0.3) is 0 Å². The maximum absolute atomic E-state index is 12.1. The molecule has 0 unspecified atom stereocenters. The van der Waals surface area contributed by atoms with Crippen LogP contribution in [0.3, 0.4) is 0 Å². The number of carbonyl (C=O) groups excluding carboxylic acids is 1. The van der Waals surface area contributed by atoms with Crippen molar-refractivity contribution in [1.82, 2.24) is 10.3 Å². The molecular formula is C14H14N2OS. The summed E-state index contributed by atoms with van der Waals surface area (Å²) in [6.07, 6.45) is 3.20. The van der Waals surface area contributed by atoms with E-state index in [1.165, 1.54) is 22.5 Å². The van der Waals surface area contributed by atoms with Gasteiger partial charge in [0.25, 0.3) is 0 Å². The molecule has 0 fully saturated rings. The maximum Gasteiger partial charge on any atom is 0.169 e. The average molecular weight is 258 g/mol. The van der Waals surface area contributed by atoms with Crippen molar-refractivity contribution in [3.8, 4) is 0 Å². The quantitative estimate of drug-likeness (QED) is 0.858. The summed E-state index contributed by atoms with van der Waals surface area (Å²) in [4.78, 5) is 16.3. The van der Waals surface area contributed by atoms with Gasteiger partial charge in [0.05, 0.1) is 6.42 Å². The molecule has 2 aromatic rings. The van der Waals surface area contributed by atoms with Crippen LogP contribution >= 0.6 is 11.3 Å². The Kier molecular flexibility index (Phi) is 3.21. The van der Waals surface area contributed by atoms with E-state index in [2.05, 4.69) is 16.4 Å². The Morgan fingerprint density at radius 2 is 2.33 bits per heavy atom. The maximum atomic E-state index is 12.1. The Balaban J connectivity index is 1.81. The molecule has 3 nitrogen and oxygen atoms in total. The van der Waals surface area contributed by atoms with E-state index in [9.17, 15) is 4.79 Å². The van der Waals surface area contributed by atoms with Crippen LogP contribution in [-0.4, -0.2) is 17.3 Å². The molecular weight excluding hydrogens is 244 g/mol. The molecule has 0 aliphatic carbocycles. The molecule has 4 heteroatoms. The van der Waals surface area contributed by atoms with E-state index in [1.807, 2.05) is 17.5 Å². The van der Waals surface area contributed by atoms with Crippen molar-refractivity contribution in [2.75, 3.05) is 6.54 Å². The molecule has 0 saturated heterocycles. The van der Waals surface area contributed by atoms with Crippen LogP contribution in [0.1, 0.15) is 26.5 Å². The Labute approximate surface area is 110 Å². The van der Waals surface area contributed by atoms with Gasteiger partial charge in [-0.2, -0.15) is 0 Å². The topological polar surface area (TPSA) is 42.0 Å². The lowest BCUT2D eigenvalue weighted by atomic mass is 9.96. The minimum Gasteiger partial charge on any atom is -0.312 e. The van der Waals surface area contributed by atoms with Crippen LogP contribution in [-0.2, 0) is 19.4 Å². The van der Waals surface area contributed by atoms with Crippen LogP contribution < -0.4 is 5.32 Å². The second-order valence-corrected chi connectivity index (χ2v) is 5.42. The van der Waals surface area contributed by atoms with Gasteiger partial charge in [-0.15, -0.1) is 11.3 Å². The van der Waals surface area contributed by atoms with Gasteiger partial charge in [-0.05, 0) is 30.2 Å². The molecule has 3 rings (SSSR count). The highest BCUT2D eigenvalue weighted by Gasteiger charge is 2.13. The number of nitrogens with one attached hydrogen (secondary N) is 1. The number of fused-ring (bicyclic) bond motifs is 1. The minimum atomic E-state index is 0.151. The number of benzene rings is 1. The first-order chi connectivity index (χ1) is 8.83. The van der Waals surface area contributed by atoms with Crippen LogP contribution in [0.15, 0.2) is 29.8 Å². The first-order valence-electron chi connectivity index (χ1n) is 6.07. The summed E-state index contributed by atoms with van der Waals surface area (Å²) >= 11 is 1.53. The number of hydrogen-bond donors (Lipinski definition) is 1. The van der Waals surface area contributed by atoms with E-state index in [0.717, 1.165) is 30.1 Å². The number of rotatable bonds is 3. The second kappa shape index (κ2) is 5.00. The fourth-order valence-corrected chi connectivity index (χ4v) is 2.85. The van der Waals surface area contributed by atoms with Crippen LogP contribution in [0.5, 0.6) is 0 Å². The van der Waals surface area contributed by atoms with E-state index in [-0.39, 0.29) is 5.78 Å². The molecule has 18 heavy (non-hydrogen) atoms. The summed E-state index contributed by atoms with van der Waals surface area (Å²) in [5.41, 5.74) is 3.42. The Bertz CT molecular complexity index is 563. The highest BCUT2D eigenvalue weighted by Crippen LogP contribution is 2.17. The Hall–Kier alpha value is -1.52. The van der Waals surface area contributed by atoms with E-state index in [0.29, 0.717) is 6.42 Å². The summed E-state index contributed by atoms with van der Waals surface area (Å²) in [5.74, 6) is 0.151. The summed E-state index contributed by atoms with van der Waals surface area (Å²) < 4.78 is 0. The Morgan fingerprint density at radius 3 is 3.17 bits per heavy atom. The van der Waals surface area contributed by atoms with E-state index in [4.69, 9.17) is 0 Å². The summed E-state index contributed by atoms with van der Waals surface area (Å²) in [5, 5.41) is 6.12. The molecule has 0 bridgehead atoms. The fraction of sp³-hybridized carbons (Fsp3) is 0.286. The smallest absolute Gasteiger partial charge is 0.169 e. The highest BCUT2D eigenvalue weighted by molar-refractivity contribution is 7.09. The van der Waals surface area contributed by atoms with E-state index >= 15 is 0 Å². The SMILES string of the molecule is O=C(Cc1nccs1)c1ccc2c(c1)CNCC2. The number of Topliss-reactive ketones (excluding diaryl/α,β-unsaturated/α-hetero) is 1. The normalized spacial score (nSPS) is 14.2. The van der Waals surface area contributed by atoms with Gasteiger partial charge in [-0.1, -0.05) is 12.1 Å². The highest BCUT2D eigenvalue weighted by atomic mass is 32.1. The first-order valence-corrected chi connectivity index (χ1v) is 6.95. The summed E-state index contributed by atoms with van der Waals surface area (Å²) in [6.45, 7) is 1.90. The molecule has 0 amide bonds. The number of hydrogen-bond acceptors (Lipinski definition) is 4. The van der Waals surface area contributed by atoms with Crippen molar-refractivity contribution in [3.63, 3.8) is 0 Å². The first kappa shape index (κ1) is 11.6. The molecule has 1 aromatic carbocycles. The van der Waals surface area contributed by atoms with Gasteiger partial charge in [-0.25, -0.2) is 4.98 Å². The van der Waals surface area contributed by atoms with Gasteiger partial charge in [0, 0.05) is 23.7 Å². The van der Waals surface area contributed by atoms with Crippen molar-refractivity contribution in [2.45, 2.75) is 19.4 Å². The third kappa shape index (κ3) is 2.35. The second-order valence-electron chi connectivity index (χ2n) is 4.44. The molecule has 92 valence electrons. The van der Waals surface area contributed by atoms with Gasteiger partial charge in [-0.3, -0.25) is 4.79 Å². The van der Waals surface area contributed by atoms with Crippen LogP contribution in [0.2, 0.25) is 0 Å². The lowest BCUT2D eigenvalue weighted by molar-refractivity contribution is 0.0993. The lowest BCUT2D eigenvalue weighted by Gasteiger charge is -2.17. The number of thiazole rings is 1. The standard InChI is InChI=1S/C14H14N2OS/c17-13(8-14-16-5-6-18-14)11-2-1-10-3-4-15-9-12(10)7-11/h1-2,5-7,15H,3-4,8-9H2. The zero-order valence-corrected chi connectivity index (χ0v) is 10.8. The van der Waals surface area contributed by atoms with Gasteiger partial charge in [0.15, 0.2) is 5.78 Å². The summed E-state index contributed by atoms with van der Waals surface area (Å²) in [7, 11) is 0. The largest absolute Gasteiger partial charge is 0.312 e.